The number of nitrogens with zero attached hydrogens (tertiary/aromatic N) is 1. The summed E-state index contributed by atoms with van der Waals surface area (Å²) in [5, 5.41) is 0. The molecule has 1 aliphatic carbocycles. The zero-order valence-corrected chi connectivity index (χ0v) is 15.1. The lowest BCUT2D eigenvalue weighted by Crippen LogP contribution is -2.42. The van der Waals surface area contributed by atoms with Gasteiger partial charge in [0, 0.05) is 37.0 Å². The fourth-order valence-electron chi connectivity index (χ4n) is 3.37. The van der Waals surface area contributed by atoms with E-state index in [0.717, 1.165) is 24.0 Å². The zero-order chi connectivity index (χ0) is 16.4. The first-order valence-electron chi connectivity index (χ1n) is 8.69. The molecule has 0 bridgehead atoms. The number of ketones is 1. The number of hydrogen-bond acceptors (Lipinski definition) is 3. The second kappa shape index (κ2) is 8.13. The number of carbonyl (C=O) groups is 2. The molecule has 5 heteroatoms. The van der Waals surface area contributed by atoms with Crippen LogP contribution in [-0.2, 0) is 4.79 Å². The SMILES string of the molecule is Cc1ccc(C(=O)C2CCN(C(=O)CC(N)C3CC3)CC2)cc1.Cl. The van der Waals surface area contributed by atoms with Gasteiger partial charge in [0.05, 0.1) is 0 Å². The van der Waals surface area contributed by atoms with E-state index in [-0.39, 0.29) is 36.1 Å². The molecule has 132 valence electrons. The summed E-state index contributed by atoms with van der Waals surface area (Å²) in [6, 6.07) is 7.79. The summed E-state index contributed by atoms with van der Waals surface area (Å²) in [5.41, 5.74) is 8.00. The summed E-state index contributed by atoms with van der Waals surface area (Å²) < 4.78 is 0. The number of amides is 1. The standard InChI is InChI=1S/C19H26N2O2.ClH/c1-13-2-4-15(5-3-13)19(23)16-8-10-21(11-9-16)18(22)12-17(20)14-6-7-14;/h2-5,14,16-17H,6-12,20H2,1H3;1H. The van der Waals surface area contributed by atoms with Gasteiger partial charge in [-0.1, -0.05) is 29.8 Å². The maximum atomic E-state index is 12.5. The van der Waals surface area contributed by atoms with Crippen molar-refractivity contribution in [3.8, 4) is 0 Å². The molecule has 2 fully saturated rings. The van der Waals surface area contributed by atoms with Gasteiger partial charge in [0.2, 0.25) is 5.91 Å². The Balaban J connectivity index is 0.00000208. The van der Waals surface area contributed by atoms with Crippen LogP contribution in [0.1, 0.15) is 48.0 Å². The van der Waals surface area contributed by atoms with Crippen molar-refractivity contribution in [2.45, 2.75) is 45.1 Å². The summed E-state index contributed by atoms with van der Waals surface area (Å²) in [6.45, 7) is 3.38. The Labute approximate surface area is 150 Å². The molecule has 1 amide bonds. The van der Waals surface area contributed by atoms with Crippen molar-refractivity contribution in [1.82, 2.24) is 4.90 Å². The molecule has 1 unspecified atom stereocenters. The van der Waals surface area contributed by atoms with Gasteiger partial charge in [-0.05, 0) is 38.5 Å². The quantitative estimate of drug-likeness (QED) is 0.830. The molecule has 1 saturated heterocycles. The van der Waals surface area contributed by atoms with E-state index in [4.69, 9.17) is 5.73 Å². The number of nitrogens with two attached hydrogens (primary N) is 1. The van der Waals surface area contributed by atoms with Crippen LogP contribution in [0.4, 0.5) is 0 Å². The fourth-order valence-corrected chi connectivity index (χ4v) is 3.37. The Morgan fingerprint density at radius 1 is 1.12 bits per heavy atom. The van der Waals surface area contributed by atoms with Crippen molar-refractivity contribution in [1.29, 1.82) is 0 Å². The Morgan fingerprint density at radius 3 is 2.25 bits per heavy atom. The van der Waals surface area contributed by atoms with E-state index >= 15 is 0 Å². The maximum Gasteiger partial charge on any atom is 0.224 e. The molecule has 1 aromatic rings. The highest BCUT2D eigenvalue weighted by molar-refractivity contribution is 5.98. The minimum Gasteiger partial charge on any atom is -0.343 e. The molecule has 1 saturated carbocycles. The zero-order valence-electron chi connectivity index (χ0n) is 14.2. The van der Waals surface area contributed by atoms with Gasteiger partial charge in [0.25, 0.3) is 0 Å². The van der Waals surface area contributed by atoms with Crippen LogP contribution in [-0.4, -0.2) is 35.7 Å². The normalized spacial score (nSPS) is 19.5. The number of Topliss-reactive ketones (excluding diaryl/α,β-unsaturated/α-hetero) is 1. The number of carbonyl (C=O) groups excluding carboxylic acids is 2. The van der Waals surface area contributed by atoms with Gasteiger partial charge in [0.1, 0.15) is 0 Å². The summed E-state index contributed by atoms with van der Waals surface area (Å²) in [7, 11) is 0. The highest BCUT2D eigenvalue weighted by Gasteiger charge is 2.33. The van der Waals surface area contributed by atoms with Gasteiger partial charge < -0.3 is 10.6 Å². The molecule has 4 nitrogen and oxygen atoms in total. The van der Waals surface area contributed by atoms with Gasteiger partial charge >= 0.3 is 0 Å². The Bertz CT molecular complexity index is 576. The van der Waals surface area contributed by atoms with Crippen LogP contribution in [0, 0.1) is 18.8 Å². The highest BCUT2D eigenvalue weighted by Crippen LogP contribution is 2.33. The van der Waals surface area contributed by atoms with Crippen LogP contribution in [0.25, 0.3) is 0 Å². The number of rotatable bonds is 5. The molecule has 3 rings (SSSR count). The van der Waals surface area contributed by atoms with Crippen LogP contribution in [0.5, 0.6) is 0 Å². The third kappa shape index (κ3) is 4.58. The van der Waals surface area contributed by atoms with Gasteiger partial charge in [-0.25, -0.2) is 0 Å². The Hall–Kier alpha value is -1.39. The molecule has 1 heterocycles. The van der Waals surface area contributed by atoms with Crippen molar-refractivity contribution in [2.24, 2.45) is 17.6 Å². The number of aryl methyl sites for hydroxylation is 1. The van der Waals surface area contributed by atoms with E-state index < -0.39 is 0 Å². The predicted molar refractivity (Wildman–Crippen MR) is 97.4 cm³/mol. The van der Waals surface area contributed by atoms with Crippen LogP contribution >= 0.6 is 12.4 Å². The third-order valence-corrected chi connectivity index (χ3v) is 5.19. The molecule has 0 aromatic heterocycles. The minimum atomic E-state index is 0. The molecular formula is C19H27ClN2O2. The molecule has 24 heavy (non-hydrogen) atoms. The average molecular weight is 351 g/mol. The monoisotopic (exact) mass is 350 g/mol. The molecule has 0 spiro atoms. The number of halogens is 1. The van der Waals surface area contributed by atoms with Crippen molar-refractivity contribution in [3.63, 3.8) is 0 Å². The molecule has 2 aliphatic rings. The summed E-state index contributed by atoms with van der Waals surface area (Å²) in [6.07, 6.45) is 4.32. The van der Waals surface area contributed by atoms with E-state index in [9.17, 15) is 9.59 Å². The Morgan fingerprint density at radius 2 is 1.71 bits per heavy atom. The largest absolute Gasteiger partial charge is 0.343 e. The fraction of sp³-hybridized carbons (Fsp3) is 0.579. The van der Waals surface area contributed by atoms with Crippen LogP contribution < -0.4 is 5.73 Å². The van der Waals surface area contributed by atoms with Crippen LogP contribution in [0.15, 0.2) is 24.3 Å². The van der Waals surface area contributed by atoms with E-state index in [0.29, 0.717) is 25.4 Å². The summed E-state index contributed by atoms with van der Waals surface area (Å²) in [4.78, 5) is 26.7. The number of likely N-dealkylation sites (tertiary alicyclic amines) is 1. The lowest BCUT2D eigenvalue weighted by atomic mass is 9.88. The van der Waals surface area contributed by atoms with Crippen LogP contribution in [0.2, 0.25) is 0 Å². The van der Waals surface area contributed by atoms with Crippen molar-refractivity contribution in [2.75, 3.05) is 13.1 Å². The number of benzene rings is 1. The van der Waals surface area contributed by atoms with E-state index in [1.165, 1.54) is 12.8 Å². The van der Waals surface area contributed by atoms with E-state index in [1.54, 1.807) is 0 Å². The Kier molecular flexibility index (Phi) is 6.41. The number of piperidine rings is 1. The predicted octanol–water partition coefficient (Wildman–Crippen LogP) is 2.97. The third-order valence-electron chi connectivity index (χ3n) is 5.19. The van der Waals surface area contributed by atoms with Crippen molar-refractivity contribution < 1.29 is 9.59 Å². The average Bonchev–Trinajstić information content (AvgIpc) is 3.40. The minimum absolute atomic E-state index is 0. The molecule has 0 radical (unpaired) electrons. The molecule has 2 N–H and O–H groups in total. The van der Waals surface area contributed by atoms with E-state index in [2.05, 4.69) is 0 Å². The second-order valence-electron chi connectivity index (χ2n) is 7.09. The first kappa shape index (κ1) is 18.9. The molecular weight excluding hydrogens is 324 g/mol. The first-order chi connectivity index (χ1) is 11.0. The molecule has 1 aromatic carbocycles. The van der Waals surface area contributed by atoms with Gasteiger partial charge in [-0.3, -0.25) is 9.59 Å². The first-order valence-corrected chi connectivity index (χ1v) is 8.69. The summed E-state index contributed by atoms with van der Waals surface area (Å²) >= 11 is 0. The number of hydrogen-bond donors (Lipinski definition) is 1. The van der Waals surface area contributed by atoms with Crippen molar-refractivity contribution >= 4 is 24.1 Å². The maximum absolute atomic E-state index is 12.5. The second-order valence-corrected chi connectivity index (χ2v) is 7.09. The van der Waals surface area contributed by atoms with Crippen LogP contribution in [0.3, 0.4) is 0 Å². The smallest absolute Gasteiger partial charge is 0.224 e. The topological polar surface area (TPSA) is 63.4 Å². The van der Waals surface area contributed by atoms with Gasteiger partial charge in [-0.2, -0.15) is 0 Å². The van der Waals surface area contributed by atoms with Gasteiger partial charge in [-0.15, -0.1) is 12.4 Å². The van der Waals surface area contributed by atoms with Gasteiger partial charge in [0.15, 0.2) is 5.78 Å². The molecule has 1 atom stereocenters. The highest BCUT2D eigenvalue weighted by atomic mass is 35.5. The lowest BCUT2D eigenvalue weighted by Gasteiger charge is -2.32. The lowest BCUT2D eigenvalue weighted by molar-refractivity contribution is -0.132. The summed E-state index contributed by atoms with van der Waals surface area (Å²) in [5.74, 6) is 0.968. The van der Waals surface area contributed by atoms with Crippen molar-refractivity contribution in [3.05, 3.63) is 35.4 Å². The molecule has 1 aliphatic heterocycles. The van der Waals surface area contributed by atoms with E-state index in [1.807, 2.05) is 36.1 Å².